The molecular formula is C22H33ClN12O5S. The molecule has 6 heterocycles. The fourth-order valence-electron chi connectivity index (χ4n) is 3.30. The first kappa shape index (κ1) is 32.2. The third kappa shape index (κ3) is 12.8. The highest BCUT2D eigenvalue weighted by Crippen LogP contribution is 2.10. The van der Waals surface area contributed by atoms with Gasteiger partial charge in [0, 0.05) is 39.3 Å². The first-order valence-corrected chi connectivity index (χ1v) is 14.3. The summed E-state index contributed by atoms with van der Waals surface area (Å²) in [6.45, 7) is 9.65. The van der Waals surface area contributed by atoms with Gasteiger partial charge in [-0.3, -0.25) is 19.6 Å². The van der Waals surface area contributed by atoms with Gasteiger partial charge in [0.15, 0.2) is 10.3 Å². The Kier molecular flexibility index (Phi) is 14.9. The van der Waals surface area contributed by atoms with Gasteiger partial charge in [-0.25, -0.2) is 0 Å². The molecule has 0 saturated carbocycles. The number of thioether (sulfide) groups is 1. The lowest BCUT2D eigenvalue weighted by Gasteiger charge is -2.26. The van der Waals surface area contributed by atoms with Crippen molar-refractivity contribution in [2.24, 2.45) is 0 Å². The summed E-state index contributed by atoms with van der Waals surface area (Å²) >= 11 is 7.05. The van der Waals surface area contributed by atoms with Crippen molar-refractivity contribution in [3.05, 3.63) is 44.5 Å². The minimum atomic E-state index is -0.225. The molecule has 0 radical (unpaired) electrons. The number of H-pyrrole nitrogens is 2. The number of nitrogens with zero attached hydrogens (tertiary/aromatic N) is 9. The van der Waals surface area contributed by atoms with Crippen LogP contribution in [0.5, 0.6) is 0 Å². The van der Waals surface area contributed by atoms with Gasteiger partial charge in [-0.2, -0.15) is 15.2 Å². The summed E-state index contributed by atoms with van der Waals surface area (Å²) in [5, 5.41) is 26.2. The monoisotopic (exact) mass is 612 g/mol. The molecule has 3 aromatic rings. The van der Waals surface area contributed by atoms with Crippen LogP contribution >= 0.6 is 23.4 Å². The van der Waals surface area contributed by atoms with E-state index in [2.05, 4.69) is 50.9 Å². The SMILES string of the molecule is C1COCCN1.CSc1nncc(=O)[nH]1.Clc1cnnc(N2CCOCC2)n1.O=c1cnnc(N2CCOCC2)[nH]1. The predicted molar refractivity (Wildman–Crippen MR) is 152 cm³/mol. The van der Waals surface area contributed by atoms with Crippen molar-refractivity contribution in [1.29, 1.82) is 0 Å². The predicted octanol–water partition coefficient (Wildman–Crippen LogP) is -1.14. The maximum absolute atomic E-state index is 10.9. The molecule has 0 unspecified atom stereocenters. The molecule has 0 aromatic carbocycles. The van der Waals surface area contributed by atoms with Crippen molar-refractivity contribution in [3.63, 3.8) is 0 Å². The highest BCUT2D eigenvalue weighted by Gasteiger charge is 2.14. The van der Waals surface area contributed by atoms with Crippen molar-refractivity contribution in [2.45, 2.75) is 5.16 Å². The average molecular weight is 613 g/mol. The second-order valence-electron chi connectivity index (χ2n) is 8.14. The molecular weight excluding hydrogens is 580 g/mol. The van der Waals surface area contributed by atoms with Gasteiger partial charge >= 0.3 is 0 Å². The van der Waals surface area contributed by atoms with E-state index in [0.29, 0.717) is 48.6 Å². The Morgan fingerprint density at radius 3 is 1.80 bits per heavy atom. The van der Waals surface area contributed by atoms with E-state index in [1.165, 1.54) is 18.0 Å². The second-order valence-corrected chi connectivity index (χ2v) is 9.32. The van der Waals surface area contributed by atoms with Gasteiger partial charge in [0.05, 0.1) is 45.8 Å². The Balaban J connectivity index is 0.000000156. The van der Waals surface area contributed by atoms with Gasteiger partial charge in [-0.1, -0.05) is 23.4 Å². The molecule has 0 aliphatic carbocycles. The van der Waals surface area contributed by atoms with Crippen LogP contribution in [-0.2, 0) is 14.2 Å². The molecule has 0 bridgehead atoms. The van der Waals surface area contributed by atoms with Crippen LogP contribution in [0.25, 0.3) is 0 Å². The number of hydrogen-bond acceptors (Lipinski definition) is 16. The van der Waals surface area contributed by atoms with E-state index in [9.17, 15) is 9.59 Å². The number of ether oxygens (including phenoxy) is 3. The molecule has 19 heteroatoms. The molecule has 0 atom stereocenters. The van der Waals surface area contributed by atoms with Crippen LogP contribution in [0.4, 0.5) is 11.9 Å². The van der Waals surface area contributed by atoms with Crippen molar-refractivity contribution in [3.8, 4) is 0 Å². The Bertz CT molecular complexity index is 1240. The van der Waals surface area contributed by atoms with E-state index in [1.807, 2.05) is 16.1 Å². The minimum absolute atomic E-state index is 0.214. The zero-order chi connectivity index (χ0) is 29.1. The Morgan fingerprint density at radius 1 is 0.756 bits per heavy atom. The summed E-state index contributed by atoms with van der Waals surface area (Å²) in [6, 6.07) is 0. The molecule has 3 aliphatic heterocycles. The Hall–Kier alpha value is -3.29. The Labute approximate surface area is 244 Å². The smallest absolute Gasteiger partial charge is 0.271 e. The zero-order valence-electron chi connectivity index (χ0n) is 22.6. The van der Waals surface area contributed by atoms with Gasteiger partial charge in [-0.05, 0) is 6.26 Å². The number of nitrogens with one attached hydrogen (secondary N) is 3. The number of morpholine rings is 3. The third-order valence-corrected chi connectivity index (χ3v) is 6.03. The van der Waals surface area contributed by atoms with Crippen molar-refractivity contribution in [1.82, 2.24) is 50.9 Å². The number of halogens is 1. The van der Waals surface area contributed by atoms with Gasteiger partial charge in [-0.15, -0.1) is 20.4 Å². The van der Waals surface area contributed by atoms with Gasteiger partial charge in [0.1, 0.15) is 12.4 Å². The van der Waals surface area contributed by atoms with Crippen LogP contribution in [0.2, 0.25) is 5.15 Å². The maximum atomic E-state index is 10.9. The number of aromatic amines is 2. The first-order valence-electron chi connectivity index (χ1n) is 12.7. The summed E-state index contributed by atoms with van der Waals surface area (Å²) < 4.78 is 15.4. The van der Waals surface area contributed by atoms with Crippen molar-refractivity contribution in [2.75, 3.05) is 95.0 Å². The largest absolute Gasteiger partial charge is 0.379 e. The molecule has 224 valence electrons. The van der Waals surface area contributed by atoms with Gasteiger partial charge < -0.3 is 29.3 Å². The third-order valence-electron chi connectivity index (χ3n) is 5.28. The highest BCUT2D eigenvalue weighted by molar-refractivity contribution is 7.98. The fraction of sp³-hybridized carbons (Fsp3) is 0.591. The zero-order valence-corrected chi connectivity index (χ0v) is 24.1. The average Bonchev–Trinajstić information content (AvgIpc) is 3.04. The van der Waals surface area contributed by atoms with Crippen molar-refractivity contribution >= 4 is 35.3 Å². The molecule has 17 nitrogen and oxygen atoms in total. The molecule has 6 rings (SSSR count). The van der Waals surface area contributed by atoms with Crippen LogP contribution in [0, 0.1) is 0 Å². The van der Waals surface area contributed by atoms with Crippen LogP contribution in [0.3, 0.4) is 0 Å². The number of rotatable bonds is 3. The van der Waals surface area contributed by atoms with E-state index >= 15 is 0 Å². The van der Waals surface area contributed by atoms with E-state index in [0.717, 1.165) is 64.9 Å². The summed E-state index contributed by atoms with van der Waals surface area (Å²) in [5.74, 6) is 1.10. The second kappa shape index (κ2) is 18.9. The van der Waals surface area contributed by atoms with Crippen molar-refractivity contribution < 1.29 is 14.2 Å². The molecule has 3 saturated heterocycles. The topological polar surface area (TPSA) is 202 Å². The van der Waals surface area contributed by atoms with Crippen LogP contribution in [0.15, 0.2) is 33.3 Å². The molecule has 0 amide bonds. The quantitative estimate of drug-likeness (QED) is 0.299. The van der Waals surface area contributed by atoms with Crippen LogP contribution < -0.4 is 26.2 Å². The van der Waals surface area contributed by atoms with Gasteiger partial charge in [0.2, 0.25) is 11.9 Å². The number of hydrogen-bond donors (Lipinski definition) is 3. The van der Waals surface area contributed by atoms with E-state index < -0.39 is 0 Å². The van der Waals surface area contributed by atoms with Gasteiger partial charge in [0.25, 0.3) is 11.1 Å². The molecule has 3 aliphatic rings. The minimum Gasteiger partial charge on any atom is -0.379 e. The fourth-order valence-corrected chi connectivity index (χ4v) is 3.75. The molecule has 3 fully saturated rings. The van der Waals surface area contributed by atoms with E-state index in [-0.39, 0.29) is 11.1 Å². The summed E-state index contributed by atoms with van der Waals surface area (Å²) in [7, 11) is 0. The van der Waals surface area contributed by atoms with E-state index in [1.54, 1.807) is 0 Å². The maximum Gasteiger partial charge on any atom is 0.271 e. The van der Waals surface area contributed by atoms with Crippen LogP contribution in [0.1, 0.15) is 0 Å². The summed E-state index contributed by atoms with van der Waals surface area (Å²) in [4.78, 5) is 34.5. The van der Waals surface area contributed by atoms with E-state index in [4.69, 9.17) is 25.8 Å². The summed E-state index contributed by atoms with van der Waals surface area (Å²) in [6.07, 6.45) is 5.54. The number of anilines is 2. The standard InChI is InChI=1S/C7H9ClN4O.C7H10N4O2.C4H5N3OS.C4H9NO/c8-6-5-9-11-7(10-6)12-1-3-13-4-2-12;12-6-5-8-10-7(9-6)11-1-3-13-4-2-11;1-9-4-6-3(8)2-5-7-4;1-3-6-4-2-5-1/h5H,1-4H2;5H,1-4H2,(H,9,10,12);2H,1H3,(H,6,7,8);5H,1-4H2. The lowest BCUT2D eigenvalue weighted by molar-refractivity contribution is 0.109. The molecule has 0 spiro atoms. The Morgan fingerprint density at radius 2 is 1.32 bits per heavy atom. The first-order chi connectivity index (χ1) is 20.0. The normalized spacial score (nSPS) is 16.6. The molecule has 41 heavy (non-hydrogen) atoms. The summed E-state index contributed by atoms with van der Waals surface area (Å²) in [5.41, 5.74) is -0.439. The number of aromatic nitrogens is 9. The lowest BCUT2D eigenvalue weighted by Crippen LogP contribution is -2.38. The highest BCUT2D eigenvalue weighted by atomic mass is 35.5. The molecule has 3 aromatic heterocycles. The molecule has 3 N–H and O–H groups in total. The lowest BCUT2D eigenvalue weighted by atomic mass is 10.4. The van der Waals surface area contributed by atoms with Crippen LogP contribution in [-0.4, -0.2) is 131 Å².